The molecule has 2 aromatic rings. The Morgan fingerprint density at radius 2 is 1.88 bits per heavy atom. The first-order valence-electron chi connectivity index (χ1n) is 7.65. The lowest BCUT2D eigenvalue weighted by Gasteiger charge is -2.08. The number of likely N-dealkylation sites (N-methyl/N-ethyl adjacent to an activating group) is 1. The van der Waals surface area contributed by atoms with E-state index in [9.17, 15) is 19.7 Å². The third kappa shape index (κ3) is 5.18. The summed E-state index contributed by atoms with van der Waals surface area (Å²) in [5, 5.41) is 16.1. The van der Waals surface area contributed by atoms with Crippen molar-refractivity contribution in [3.63, 3.8) is 0 Å². The molecule has 0 spiro atoms. The molecule has 0 saturated heterocycles. The molecule has 26 heavy (non-hydrogen) atoms. The average molecular weight is 378 g/mol. The van der Waals surface area contributed by atoms with Crippen LogP contribution in [0.3, 0.4) is 0 Å². The van der Waals surface area contributed by atoms with Crippen LogP contribution in [0.15, 0.2) is 42.5 Å². The van der Waals surface area contributed by atoms with E-state index in [1.165, 1.54) is 12.1 Å². The van der Waals surface area contributed by atoms with Crippen LogP contribution in [0.25, 0.3) is 0 Å². The highest BCUT2D eigenvalue weighted by Crippen LogP contribution is 2.25. The summed E-state index contributed by atoms with van der Waals surface area (Å²) < 4.78 is 5.31. The van der Waals surface area contributed by atoms with E-state index in [-0.39, 0.29) is 28.8 Å². The predicted molar refractivity (Wildman–Crippen MR) is 96.7 cm³/mol. The quantitative estimate of drug-likeness (QED) is 0.569. The number of ether oxygens (including phenoxy) is 1. The Bertz CT molecular complexity index is 824. The maximum Gasteiger partial charge on any atom is 0.288 e. The zero-order valence-electron chi connectivity index (χ0n) is 13.8. The van der Waals surface area contributed by atoms with Crippen LogP contribution >= 0.6 is 11.6 Å². The Morgan fingerprint density at radius 1 is 1.19 bits per heavy atom. The number of nitrogens with zero attached hydrogens (tertiary/aromatic N) is 1. The number of anilines is 1. The third-order valence-electron chi connectivity index (χ3n) is 3.26. The highest BCUT2D eigenvalue weighted by atomic mass is 35.5. The summed E-state index contributed by atoms with van der Waals surface area (Å²) >= 11 is 5.73. The lowest BCUT2D eigenvalue weighted by molar-refractivity contribution is -0.384. The van der Waals surface area contributed by atoms with Crippen LogP contribution in [-0.2, 0) is 4.79 Å². The van der Waals surface area contributed by atoms with Gasteiger partial charge in [0.2, 0.25) is 0 Å². The Hall–Kier alpha value is -3.13. The largest absolute Gasteiger partial charge is 0.484 e. The van der Waals surface area contributed by atoms with Crippen LogP contribution in [0.2, 0.25) is 5.02 Å². The first-order chi connectivity index (χ1) is 12.4. The van der Waals surface area contributed by atoms with Crippen molar-refractivity contribution < 1.29 is 19.2 Å². The number of hydrogen-bond donors (Lipinski definition) is 2. The molecule has 0 saturated carbocycles. The molecule has 0 aliphatic carbocycles. The number of halogens is 1. The smallest absolute Gasteiger partial charge is 0.288 e. The maximum atomic E-state index is 12.2. The van der Waals surface area contributed by atoms with Crippen molar-refractivity contribution in [1.29, 1.82) is 0 Å². The molecule has 0 heterocycles. The average Bonchev–Trinajstić information content (AvgIpc) is 2.61. The van der Waals surface area contributed by atoms with E-state index in [0.717, 1.165) is 6.07 Å². The van der Waals surface area contributed by atoms with E-state index in [2.05, 4.69) is 10.6 Å². The monoisotopic (exact) mass is 377 g/mol. The van der Waals surface area contributed by atoms with Crippen molar-refractivity contribution in [2.75, 3.05) is 18.5 Å². The van der Waals surface area contributed by atoms with Crippen LogP contribution in [0, 0.1) is 10.1 Å². The first-order valence-corrected chi connectivity index (χ1v) is 8.03. The predicted octanol–water partition coefficient (Wildman–Crippen LogP) is 3.02. The molecule has 0 aromatic heterocycles. The topological polar surface area (TPSA) is 111 Å². The van der Waals surface area contributed by atoms with Crippen LogP contribution in [-0.4, -0.2) is 29.9 Å². The number of amides is 2. The van der Waals surface area contributed by atoms with Crippen molar-refractivity contribution in [3.8, 4) is 5.75 Å². The van der Waals surface area contributed by atoms with Crippen molar-refractivity contribution in [2.45, 2.75) is 6.92 Å². The molecule has 0 aliphatic rings. The van der Waals surface area contributed by atoms with Crippen LogP contribution in [0.1, 0.15) is 17.3 Å². The Balaban J connectivity index is 2.00. The van der Waals surface area contributed by atoms with Gasteiger partial charge < -0.3 is 15.4 Å². The number of rotatable bonds is 7. The molecule has 0 bridgehead atoms. The minimum atomic E-state index is -0.653. The zero-order valence-corrected chi connectivity index (χ0v) is 14.6. The van der Waals surface area contributed by atoms with Crippen molar-refractivity contribution >= 4 is 34.8 Å². The summed E-state index contributed by atoms with van der Waals surface area (Å²) in [5.74, 6) is -0.272. The SMILES string of the molecule is CCNC(=O)COc1ccc(NC(=O)c2ccc(Cl)c([N+](=O)[O-])c2)cc1. The molecule has 2 aromatic carbocycles. The van der Waals surface area contributed by atoms with Crippen molar-refractivity contribution in [3.05, 3.63) is 63.2 Å². The van der Waals surface area contributed by atoms with Gasteiger partial charge in [-0.2, -0.15) is 0 Å². The van der Waals surface area contributed by atoms with Gasteiger partial charge in [0.15, 0.2) is 6.61 Å². The number of nitro groups is 1. The molecular formula is C17H16ClN3O5. The number of nitrogens with one attached hydrogen (secondary N) is 2. The van der Waals surface area contributed by atoms with E-state index in [0.29, 0.717) is 18.0 Å². The molecule has 9 heteroatoms. The Kier molecular flexibility index (Phi) is 6.51. The third-order valence-corrected chi connectivity index (χ3v) is 3.58. The van der Waals surface area contributed by atoms with Gasteiger partial charge in [-0.15, -0.1) is 0 Å². The van der Waals surface area contributed by atoms with Crippen molar-refractivity contribution in [2.24, 2.45) is 0 Å². The van der Waals surface area contributed by atoms with Gasteiger partial charge in [-0.25, -0.2) is 0 Å². The minimum absolute atomic E-state index is 0.0415. The summed E-state index contributed by atoms with van der Waals surface area (Å²) in [6.07, 6.45) is 0. The van der Waals surface area contributed by atoms with Crippen LogP contribution < -0.4 is 15.4 Å². The van der Waals surface area contributed by atoms with Gasteiger partial charge >= 0.3 is 0 Å². The minimum Gasteiger partial charge on any atom is -0.484 e. The molecule has 2 N–H and O–H groups in total. The molecule has 2 amide bonds. The molecule has 0 unspecified atom stereocenters. The second kappa shape index (κ2) is 8.82. The summed E-state index contributed by atoms with van der Waals surface area (Å²) in [4.78, 5) is 33.8. The van der Waals surface area contributed by atoms with Gasteiger partial charge in [-0.05, 0) is 43.3 Å². The van der Waals surface area contributed by atoms with E-state index in [4.69, 9.17) is 16.3 Å². The van der Waals surface area contributed by atoms with Crippen LogP contribution in [0.5, 0.6) is 5.75 Å². The summed E-state index contributed by atoms with van der Waals surface area (Å²) in [6.45, 7) is 2.23. The van der Waals surface area contributed by atoms with E-state index < -0.39 is 10.8 Å². The lowest BCUT2D eigenvalue weighted by Crippen LogP contribution is -2.28. The summed E-state index contributed by atoms with van der Waals surface area (Å²) in [6, 6.07) is 10.2. The summed E-state index contributed by atoms with van der Waals surface area (Å²) in [7, 11) is 0. The number of benzene rings is 2. The molecule has 136 valence electrons. The number of carbonyl (C=O) groups is 2. The lowest BCUT2D eigenvalue weighted by atomic mass is 10.2. The standard InChI is InChI=1S/C17H16ClN3O5/c1-2-19-16(22)10-26-13-6-4-12(5-7-13)20-17(23)11-3-8-14(18)15(9-11)21(24)25/h3-9H,2,10H2,1H3,(H,19,22)(H,20,23). The second-order valence-corrected chi connectivity index (χ2v) is 5.55. The van der Waals surface area contributed by atoms with Crippen molar-refractivity contribution in [1.82, 2.24) is 5.32 Å². The van der Waals surface area contributed by atoms with Gasteiger partial charge in [-0.1, -0.05) is 11.6 Å². The van der Waals surface area contributed by atoms with E-state index in [1.807, 2.05) is 6.92 Å². The van der Waals surface area contributed by atoms with Gasteiger partial charge in [0.25, 0.3) is 17.5 Å². The fourth-order valence-electron chi connectivity index (χ4n) is 2.03. The van der Waals surface area contributed by atoms with E-state index in [1.54, 1.807) is 24.3 Å². The molecule has 0 aliphatic heterocycles. The first kappa shape index (κ1) is 19.2. The van der Waals surface area contributed by atoms with E-state index >= 15 is 0 Å². The molecular weight excluding hydrogens is 362 g/mol. The highest BCUT2D eigenvalue weighted by Gasteiger charge is 2.16. The number of nitro benzene ring substituents is 1. The second-order valence-electron chi connectivity index (χ2n) is 5.14. The maximum absolute atomic E-state index is 12.2. The van der Waals surface area contributed by atoms with Gasteiger partial charge in [-0.3, -0.25) is 19.7 Å². The fraction of sp³-hybridized carbons (Fsp3) is 0.176. The van der Waals surface area contributed by atoms with Gasteiger partial charge in [0, 0.05) is 23.9 Å². The Labute approximate surface area is 154 Å². The Morgan fingerprint density at radius 3 is 2.50 bits per heavy atom. The molecule has 8 nitrogen and oxygen atoms in total. The molecule has 0 atom stereocenters. The van der Waals surface area contributed by atoms with Gasteiger partial charge in [0.05, 0.1) is 4.92 Å². The van der Waals surface area contributed by atoms with Gasteiger partial charge in [0.1, 0.15) is 10.8 Å². The number of carbonyl (C=O) groups excluding carboxylic acids is 2. The molecule has 0 radical (unpaired) electrons. The fourth-order valence-corrected chi connectivity index (χ4v) is 2.22. The zero-order chi connectivity index (χ0) is 19.1. The molecule has 2 rings (SSSR count). The highest BCUT2D eigenvalue weighted by molar-refractivity contribution is 6.32. The van der Waals surface area contributed by atoms with Crippen LogP contribution in [0.4, 0.5) is 11.4 Å². The number of hydrogen-bond acceptors (Lipinski definition) is 5. The normalized spacial score (nSPS) is 10.1. The summed E-state index contributed by atoms with van der Waals surface area (Å²) in [5.41, 5.74) is 0.240. The molecule has 0 fully saturated rings.